The number of imidazole rings is 2. The number of hydrogen-bond donors (Lipinski definition) is 2. The van der Waals surface area contributed by atoms with Crippen molar-refractivity contribution in [2.45, 2.75) is 0 Å². The highest BCUT2D eigenvalue weighted by Crippen LogP contribution is 2.33. The van der Waals surface area contributed by atoms with Gasteiger partial charge in [-0.15, -0.1) is 0 Å². The standard InChI is InChI=1S/C23H18N4O/c1-28-17-13-11-16(12-14-17)21-20(15-7-3-2-4-8-15)26-23(27-21)22-24-18-9-5-6-10-19(18)25-22/h2-14H,1H3,(H,24,25)(H,26,27). The van der Waals surface area contributed by atoms with Crippen LogP contribution < -0.4 is 4.74 Å². The number of aromatic nitrogens is 4. The van der Waals surface area contributed by atoms with Gasteiger partial charge in [-0.1, -0.05) is 42.5 Å². The van der Waals surface area contributed by atoms with Crippen molar-refractivity contribution in [1.29, 1.82) is 0 Å². The van der Waals surface area contributed by atoms with Gasteiger partial charge in [-0.2, -0.15) is 0 Å². The van der Waals surface area contributed by atoms with Crippen LogP contribution in [0.2, 0.25) is 0 Å². The van der Waals surface area contributed by atoms with Crippen molar-refractivity contribution >= 4 is 11.0 Å². The van der Waals surface area contributed by atoms with Gasteiger partial charge in [-0.3, -0.25) is 0 Å². The Morgan fingerprint density at radius 1 is 0.679 bits per heavy atom. The number of benzene rings is 3. The molecule has 0 saturated heterocycles. The number of H-pyrrole nitrogens is 2. The lowest BCUT2D eigenvalue weighted by atomic mass is 10.1. The van der Waals surface area contributed by atoms with Crippen molar-refractivity contribution in [3.63, 3.8) is 0 Å². The van der Waals surface area contributed by atoms with Crippen LogP contribution in [0, 0.1) is 0 Å². The number of fused-ring (bicyclic) bond motifs is 1. The lowest BCUT2D eigenvalue weighted by Crippen LogP contribution is -1.85. The summed E-state index contributed by atoms with van der Waals surface area (Å²) in [4.78, 5) is 16.4. The molecule has 2 N–H and O–H groups in total. The lowest BCUT2D eigenvalue weighted by Gasteiger charge is -2.04. The molecule has 0 aliphatic rings. The first-order valence-corrected chi connectivity index (χ1v) is 9.07. The van der Waals surface area contributed by atoms with E-state index < -0.39 is 0 Å². The van der Waals surface area contributed by atoms with E-state index in [4.69, 9.17) is 9.72 Å². The van der Waals surface area contributed by atoms with Crippen LogP contribution in [0.15, 0.2) is 78.9 Å². The van der Waals surface area contributed by atoms with Crippen LogP contribution in [0.5, 0.6) is 5.75 Å². The molecule has 0 atom stereocenters. The summed E-state index contributed by atoms with van der Waals surface area (Å²) in [5, 5.41) is 0. The molecule has 0 saturated carbocycles. The van der Waals surface area contributed by atoms with Crippen LogP contribution in [0.25, 0.3) is 45.2 Å². The number of nitrogens with zero attached hydrogens (tertiary/aromatic N) is 2. The van der Waals surface area contributed by atoms with Gasteiger partial charge >= 0.3 is 0 Å². The molecule has 5 aromatic rings. The summed E-state index contributed by atoms with van der Waals surface area (Å²) in [5.41, 5.74) is 5.83. The molecule has 5 nitrogen and oxygen atoms in total. The first kappa shape index (κ1) is 16.3. The quantitative estimate of drug-likeness (QED) is 0.454. The number of ether oxygens (including phenoxy) is 1. The predicted octanol–water partition coefficient (Wildman–Crippen LogP) is 5.30. The largest absolute Gasteiger partial charge is 0.497 e. The SMILES string of the molecule is COc1ccc(-c2[nH]c(-c3nc4ccccc4[nH]3)nc2-c2ccccc2)cc1. The molecule has 0 amide bonds. The van der Waals surface area contributed by atoms with Crippen molar-refractivity contribution in [1.82, 2.24) is 19.9 Å². The molecule has 3 aromatic carbocycles. The topological polar surface area (TPSA) is 66.6 Å². The number of nitrogens with one attached hydrogen (secondary N) is 2. The second kappa shape index (κ2) is 6.70. The molecule has 2 aromatic heterocycles. The molecular formula is C23H18N4O. The zero-order valence-electron chi connectivity index (χ0n) is 15.3. The number of para-hydroxylation sites is 2. The molecule has 0 aliphatic carbocycles. The number of rotatable bonds is 4. The second-order valence-electron chi connectivity index (χ2n) is 6.51. The van der Waals surface area contributed by atoms with Gasteiger partial charge in [-0.25, -0.2) is 9.97 Å². The third-order valence-corrected chi connectivity index (χ3v) is 4.74. The average molecular weight is 366 g/mol. The monoisotopic (exact) mass is 366 g/mol. The fourth-order valence-electron chi connectivity index (χ4n) is 3.32. The Morgan fingerprint density at radius 2 is 1.39 bits per heavy atom. The molecule has 136 valence electrons. The van der Waals surface area contributed by atoms with Crippen molar-refractivity contribution in [2.75, 3.05) is 7.11 Å². The van der Waals surface area contributed by atoms with Crippen LogP contribution in [-0.4, -0.2) is 27.0 Å². The third kappa shape index (κ3) is 2.83. The lowest BCUT2D eigenvalue weighted by molar-refractivity contribution is 0.415. The summed E-state index contributed by atoms with van der Waals surface area (Å²) in [5.74, 6) is 2.25. The first-order valence-electron chi connectivity index (χ1n) is 9.07. The minimum Gasteiger partial charge on any atom is -0.497 e. The highest BCUT2D eigenvalue weighted by Gasteiger charge is 2.17. The molecule has 0 radical (unpaired) electrons. The fraction of sp³-hybridized carbons (Fsp3) is 0.0435. The zero-order valence-corrected chi connectivity index (χ0v) is 15.3. The molecule has 0 unspecified atom stereocenters. The maximum atomic E-state index is 5.29. The van der Waals surface area contributed by atoms with Gasteiger partial charge in [0.25, 0.3) is 0 Å². The molecule has 0 fully saturated rings. The summed E-state index contributed by atoms with van der Waals surface area (Å²) < 4.78 is 5.29. The van der Waals surface area contributed by atoms with Crippen LogP contribution in [0.3, 0.4) is 0 Å². The highest BCUT2D eigenvalue weighted by atomic mass is 16.5. The Morgan fingerprint density at radius 3 is 2.14 bits per heavy atom. The van der Waals surface area contributed by atoms with Crippen LogP contribution in [-0.2, 0) is 0 Å². The van der Waals surface area contributed by atoms with Crippen molar-refractivity contribution in [3.8, 4) is 39.9 Å². The Bertz CT molecular complexity index is 1200. The van der Waals surface area contributed by atoms with E-state index in [0.29, 0.717) is 5.82 Å². The Hall–Kier alpha value is -3.86. The third-order valence-electron chi connectivity index (χ3n) is 4.74. The summed E-state index contributed by atoms with van der Waals surface area (Å²) in [6.45, 7) is 0. The summed E-state index contributed by atoms with van der Waals surface area (Å²) in [6, 6.07) is 26.1. The highest BCUT2D eigenvalue weighted by molar-refractivity contribution is 5.83. The molecule has 2 heterocycles. The molecule has 5 heteroatoms. The van der Waals surface area contributed by atoms with Gasteiger partial charge in [0.1, 0.15) is 5.75 Å². The number of aromatic amines is 2. The molecule has 0 aliphatic heterocycles. The Labute approximate surface area is 162 Å². The molecule has 5 rings (SSSR count). The van der Waals surface area contributed by atoms with E-state index in [9.17, 15) is 0 Å². The van der Waals surface area contributed by atoms with Crippen molar-refractivity contribution in [2.24, 2.45) is 0 Å². The van der Waals surface area contributed by atoms with Gasteiger partial charge < -0.3 is 14.7 Å². The molecule has 28 heavy (non-hydrogen) atoms. The minimum atomic E-state index is 0.709. The van der Waals surface area contributed by atoms with E-state index >= 15 is 0 Å². The minimum absolute atomic E-state index is 0.709. The predicted molar refractivity (Wildman–Crippen MR) is 111 cm³/mol. The molecular weight excluding hydrogens is 348 g/mol. The first-order chi connectivity index (χ1) is 13.8. The van der Waals surface area contributed by atoms with Gasteiger partial charge in [0.05, 0.1) is 29.5 Å². The molecule has 0 bridgehead atoms. The summed E-state index contributed by atoms with van der Waals surface area (Å²) >= 11 is 0. The van der Waals surface area contributed by atoms with Gasteiger partial charge in [0.15, 0.2) is 11.6 Å². The maximum Gasteiger partial charge on any atom is 0.174 e. The van der Waals surface area contributed by atoms with E-state index in [-0.39, 0.29) is 0 Å². The average Bonchev–Trinajstić information content (AvgIpc) is 3.39. The maximum absolute atomic E-state index is 5.29. The van der Waals surface area contributed by atoms with Crippen molar-refractivity contribution < 1.29 is 4.74 Å². The van der Waals surface area contributed by atoms with E-state index in [0.717, 1.165) is 45.1 Å². The van der Waals surface area contributed by atoms with Gasteiger partial charge in [0.2, 0.25) is 0 Å². The number of methoxy groups -OCH3 is 1. The van der Waals surface area contributed by atoms with Crippen LogP contribution >= 0.6 is 0 Å². The van der Waals surface area contributed by atoms with Crippen molar-refractivity contribution in [3.05, 3.63) is 78.9 Å². The van der Waals surface area contributed by atoms with Crippen LogP contribution in [0.1, 0.15) is 0 Å². The molecule has 0 spiro atoms. The smallest absolute Gasteiger partial charge is 0.174 e. The van der Waals surface area contributed by atoms with Gasteiger partial charge in [-0.05, 0) is 36.4 Å². The normalized spacial score (nSPS) is 11.0. The zero-order chi connectivity index (χ0) is 18.9. The van der Waals surface area contributed by atoms with Gasteiger partial charge in [0, 0.05) is 11.1 Å². The number of hydrogen-bond acceptors (Lipinski definition) is 3. The van der Waals surface area contributed by atoms with E-state index in [1.54, 1.807) is 7.11 Å². The Balaban J connectivity index is 1.68. The van der Waals surface area contributed by atoms with Crippen LogP contribution in [0.4, 0.5) is 0 Å². The van der Waals surface area contributed by atoms with E-state index in [2.05, 4.69) is 27.1 Å². The van der Waals surface area contributed by atoms with E-state index in [1.807, 2.05) is 66.7 Å². The van der Waals surface area contributed by atoms with E-state index in [1.165, 1.54) is 0 Å². The summed E-state index contributed by atoms with van der Waals surface area (Å²) in [6.07, 6.45) is 0. The summed E-state index contributed by atoms with van der Waals surface area (Å²) in [7, 11) is 1.67. The Kier molecular flexibility index (Phi) is 3.91. The fourth-order valence-corrected chi connectivity index (χ4v) is 3.32. The second-order valence-corrected chi connectivity index (χ2v) is 6.51.